The van der Waals surface area contributed by atoms with Crippen LogP contribution in [0.4, 0.5) is 13.2 Å². The molecule has 1 aromatic carbocycles. The fourth-order valence-electron chi connectivity index (χ4n) is 3.96. The Morgan fingerprint density at radius 1 is 1.21 bits per heavy atom. The minimum absolute atomic E-state index is 0.403. The Morgan fingerprint density at radius 3 is 2.72 bits per heavy atom. The quantitative estimate of drug-likeness (QED) is 0.441. The Morgan fingerprint density at radius 2 is 2.00 bits per heavy atom. The van der Waals surface area contributed by atoms with Crippen LogP contribution in [0.3, 0.4) is 0 Å². The molecule has 0 spiro atoms. The Labute approximate surface area is 170 Å². The summed E-state index contributed by atoms with van der Waals surface area (Å²) in [6.45, 7) is 6.04. The standard InChI is InChI=1S/C21H31F3N4O/c1-25-20(26-9-2-3-10-27-11-4-5-12-27)28-13-14-29-19(16-28)17-7-6-8-18(15-17)21(22,23)24/h6-8,15,19H,2-5,9-14,16H2,1H3,(H,25,26). The van der Waals surface area contributed by atoms with Crippen LogP contribution in [-0.4, -0.2) is 68.7 Å². The zero-order valence-corrected chi connectivity index (χ0v) is 17.0. The predicted octanol–water partition coefficient (Wildman–Crippen LogP) is 3.53. The number of halogens is 3. The number of guanidine groups is 1. The van der Waals surface area contributed by atoms with Crippen LogP contribution in [0.1, 0.15) is 42.9 Å². The zero-order chi connectivity index (χ0) is 20.7. The highest BCUT2D eigenvalue weighted by molar-refractivity contribution is 5.80. The molecule has 2 fully saturated rings. The summed E-state index contributed by atoms with van der Waals surface area (Å²) >= 11 is 0. The van der Waals surface area contributed by atoms with Crippen molar-refractivity contribution in [3.63, 3.8) is 0 Å². The highest BCUT2D eigenvalue weighted by Gasteiger charge is 2.32. The lowest BCUT2D eigenvalue weighted by Gasteiger charge is -2.35. The van der Waals surface area contributed by atoms with E-state index in [9.17, 15) is 13.2 Å². The summed E-state index contributed by atoms with van der Waals surface area (Å²) in [5, 5.41) is 3.39. The van der Waals surface area contributed by atoms with Gasteiger partial charge in [0.25, 0.3) is 0 Å². The molecule has 1 unspecified atom stereocenters. The van der Waals surface area contributed by atoms with Gasteiger partial charge in [-0.15, -0.1) is 0 Å². The van der Waals surface area contributed by atoms with E-state index >= 15 is 0 Å². The molecule has 2 aliphatic rings. The van der Waals surface area contributed by atoms with E-state index in [0.29, 0.717) is 25.3 Å². The van der Waals surface area contributed by atoms with E-state index in [1.54, 1.807) is 13.1 Å². The molecule has 2 heterocycles. The van der Waals surface area contributed by atoms with E-state index in [1.807, 2.05) is 0 Å². The fraction of sp³-hybridized carbons (Fsp3) is 0.667. The molecular weight excluding hydrogens is 381 g/mol. The first-order valence-corrected chi connectivity index (χ1v) is 10.4. The van der Waals surface area contributed by atoms with Crippen molar-refractivity contribution in [2.75, 3.05) is 52.9 Å². The maximum Gasteiger partial charge on any atom is 0.416 e. The van der Waals surface area contributed by atoms with Crippen molar-refractivity contribution in [3.05, 3.63) is 35.4 Å². The van der Waals surface area contributed by atoms with Crippen LogP contribution in [0.5, 0.6) is 0 Å². The summed E-state index contributed by atoms with van der Waals surface area (Å²) in [7, 11) is 1.74. The topological polar surface area (TPSA) is 40.1 Å². The Balaban J connectivity index is 1.49. The molecule has 0 bridgehead atoms. The number of aliphatic imine (C=N–C) groups is 1. The highest BCUT2D eigenvalue weighted by Crippen LogP contribution is 2.32. The first kappa shape index (κ1) is 21.9. The van der Waals surface area contributed by atoms with Gasteiger partial charge in [-0.1, -0.05) is 12.1 Å². The minimum atomic E-state index is -4.35. The van der Waals surface area contributed by atoms with Gasteiger partial charge in [-0.25, -0.2) is 0 Å². The van der Waals surface area contributed by atoms with E-state index in [0.717, 1.165) is 38.0 Å². The van der Waals surface area contributed by atoms with Crippen molar-refractivity contribution in [3.8, 4) is 0 Å². The monoisotopic (exact) mass is 412 g/mol. The molecule has 2 saturated heterocycles. The molecule has 0 aromatic heterocycles. The van der Waals surface area contributed by atoms with Crippen molar-refractivity contribution in [2.24, 2.45) is 4.99 Å². The lowest BCUT2D eigenvalue weighted by molar-refractivity contribution is -0.137. The first-order chi connectivity index (χ1) is 14.0. The number of ether oxygens (including phenoxy) is 1. The largest absolute Gasteiger partial charge is 0.416 e. The van der Waals surface area contributed by atoms with Crippen LogP contribution >= 0.6 is 0 Å². The van der Waals surface area contributed by atoms with Gasteiger partial charge >= 0.3 is 6.18 Å². The number of unbranched alkanes of at least 4 members (excludes halogenated alkanes) is 1. The van der Waals surface area contributed by atoms with Gasteiger partial charge in [0.2, 0.25) is 0 Å². The number of nitrogens with one attached hydrogen (secondary N) is 1. The molecule has 2 aliphatic heterocycles. The smallest absolute Gasteiger partial charge is 0.370 e. The van der Waals surface area contributed by atoms with Gasteiger partial charge < -0.3 is 19.9 Å². The maximum atomic E-state index is 13.0. The van der Waals surface area contributed by atoms with Gasteiger partial charge in [0, 0.05) is 20.1 Å². The van der Waals surface area contributed by atoms with Gasteiger partial charge in [0.05, 0.1) is 18.7 Å². The Kier molecular flexibility index (Phi) is 7.77. The fourth-order valence-corrected chi connectivity index (χ4v) is 3.96. The number of hydrogen-bond donors (Lipinski definition) is 1. The molecule has 5 nitrogen and oxygen atoms in total. The van der Waals surface area contributed by atoms with Gasteiger partial charge in [-0.2, -0.15) is 13.2 Å². The van der Waals surface area contributed by atoms with Crippen LogP contribution in [0, 0.1) is 0 Å². The van der Waals surface area contributed by atoms with E-state index in [4.69, 9.17) is 4.74 Å². The predicted molar refractivity (Wildman–Crippen MR) is 108 cm³/mol. The first-order valence-electron chi connectivity index (χ1n) is 10.4. The van der Waals surface area contributed by atoms with Crippen molar-refractivity contribution >= 4 is 5.96 Å². The number of nitrogens with zero attached hydrogens (tertiary/aromatic N) is 3. The Hall–Kier alpha value is -1.80. The van der Waals surface area contributed by atoms with Crippen LogP contribution in [-0.2, 0) is 10.9 Å². The molecule has 0 amide bonds. The molecular formula is C21H31F3N4O. The molecule has 0 aliphatic carbocycles. The molecule has 1 atom stereocenters. The summed E-state index contributed by atoms with van der Waals surface area (Å²) in [4.78, 5) is 8.93. The average molecular weight is 413 g/mol. The normalized spacial score (nSPS) is 21.6. The van der Waals surface area contributed by atoms with Crippen molar-refractivity contribution < 1.29 is 17.9 Å². The molecule has 3 rings (SSSR count). The molecule has 1 aromatic rings. The number of hydrogen-bond acceptors (Lipinski definition) is 3. The van der Waals surface area contributed by atoms with Crippen molar-refractivity contribution in [1.82, 2.24) is 15.1 Å². The molecule has 0 saturated carbocycles. The van der Waals surface area contributed by atoms with Crippen LogP contribution < -0.4 is 5.32 Å². The Bertz CT molecular complexity index is 674. The second-order valence-electron chi connectivity index (χ2n) is 7.66. The highest BCUT2D eigenvalue weighted by atomic mass is 19.4. The lowest BCUT2D eigenvalue weighted by Crippen LogP contribution is -2.48. The van der Waals surface area contributed by atoms with Crippen molar-refractivity contribution in [1.29, 1.82) is 0 Å². The molecule has 0 radical (unpaired) electrons. The van der Waals surface area contributed by atoms with Gasteiger partial charge in [-0.3, -0.25) is 4.99 Å². The van der Waals surface area contributed by atoms with Crippen LogP contribution in [0.25, 0.3) is 0 Å². The lowest BCUT2D eigenvalue weighted by atomic mass is 10.0. The van der Waals surface area contributed by atoms with E-state index in [-0.39, 0.29) is 0 Å². The van der Waals surface area contributed by atoms with Gasteiger partial charge in [-0.05, 0) is 63.0 Å². The van der Waals surface area contributed by atoms with Gasteiger partial charge in [0.15, 0.2) is 5.96 Å². The van der Waals surface area contributed by atoms with Crippen LogP contribution in [0.15, 0.2) is 29.3 Å². The average Bonchev–Trinajstić information content (AvgIpc) is 3.24. The third kappa shape index (κ3) is 6.34. The van der Waals surface area contributed by atoms with Crippen LogP contribution in [0.2, 0.25) is 0 Å². The van der Waals surface area contributed by atoms with Gasteiger partial charge in [0.1, 0.15) is 6.10 Å². The number of benzene rings is 1. The summed E-state index contributed by atoms with van der Waals surface area (Å²) in [5.41, 5.74) is -0.0955. The molecule has 1 N–H and O–H groups in total. The van der Waals surface area contributed by atoms with E-state index < -0.39 is 17.8 Å². The summed E-state index contributed by atoms with van der Waals surface area (Å²) < 4.78 is 44.8. The summed E-state index contributed by atoms with van der Waals surface area (Å²) in [5.74, 6) is 0.784. The minimum Gasteiger partial charge on any atom is -0.370 e. The van der Waals surface area contributed by atoms with Crippen molar-refractivity contribution in [2.45, 2.75) is 38.0 Å². The summed E-state index contributed by atoms with van der Waals surface area (Å²) in [6.07, 6.45) is 0.0949. The van der Waals surface area contributed by atoms with E-state index in [2.05, 4.69) is 20.1 Å². The number of rotatable bonds is 6. The second kappa shape index (κ2) is 10.3. The third-order valence-electron chi connectivity index (χ3n) is 5.55. The maximum absolute atomic E-state index is 13.0. The molecule has 8 heteroatoms. The van der Waals surface area contributed by atoms with E-state index in [1.165, 1.54) is 38.1 Å². The second-order valence-corrected chi connectivity index (χ2v) is 7.66. The molecule has 29 heavy (non-hydrogen) atoms. The number of morpholine rings is 1. The number of alkyl halides is 3. The SMILES string of the molecule is CN=C(NCCCCN1CCCC1)N1CCOC(c2cccc(C(F)(F)F)c2)C1. The number of likely N-dealkylation sites (tertiary alicyclic amines) is 1. The summed E-state index contributed by atoms with van der Waals surface area (Å²) in [6, 6.07) is 5.40. The molecule has 162 valence electrons. The third-order valence-corrected chi connectivity index (χ3v) is 5.55. The zero-order valence-electron chi connectivity index (χ0n) is 17.0.